The van der Waals surface area contributed by atoms with Crippen LogP contribution in [0.4, 0.5) is 0 Å². The average molecular weight is 319 g/mol. The third kappa shape index (κ3) is 3.10. The second-order valence-electron chi connectivity index (χ2n) is 5.43. The van der Waals surface area contributed by atoms with Gasteiger partial charge < -0.3 is 9.72 Å². The van der Waals surface area contributed by atoms with Crippen molar-refractivity contribution >= 4 is 0 Å². The van der Waals surface area contributed by atoms with Crippen LogP contribution >= 0.6 is 0 Å². The fourth-order valence-electron chi connectivity index (χ4n) is 2.79. The molecule has 0 spiro atoms. The molecule has 0 bridgehead atoms. The van der Waals surface area contributed by atoms with Crippen LogP contribution < -0.4 is 4.74 Å². The Kier molecular flexibility index (Phi) is 4.52. The van der Waals surface area contributed by atoms with E-state index >= 15 is 0 Å². The van der Waals surface area contributed by atoms with Crippen LogP contribution in [0.25, 0.3) is 0 Å². The molecule has 3 rings (SSSR count). The highest BCUT2D eigenvalue weighted by atomic mass is 16.5. The average Bonchev–Trinajstić information content (AvgIpc) is 3.15. The zero-order chi connectivity index (χ0) is 16.9. The van der Waals surface area contributed by atoms with Crippen LogP contribution in [0.2, 0.25) is 0 Å². The monoisotopic (exact) mass is 319 g/mol. The van der Waals surface area contributed by atoms with Crippen molar-refractivity contribution in [1.82, 2.24) is 19.9 Å². The van der Waals surface area contributed by atoms with Gasteiger partial charge >= 0.3 is 6.01 Å². The number of nitriles is 1. The maximum Gasteiger partial charge on any atom is 0.316 e. The molecule has 24 heavy (non-hydrogen) atoms. The Bertz CT molecular complexity index is 867. The van der Waals surface area contributed by atoms with Crippen molar-refractivity contribution < 1.29 is 4.74 Å². The zero-order valence-electron chi connectivity index (χ0n) is 13.5. The molecule has 2 heterocycles. The summed E-state index contributed by atoms with van der Waals surface area (Å²) in [5.41, 5.74) is 4.57. The first-order chi connectivity index (χ1) is 11.7. The van der Waals surface area contributed by atoms with Gasteiger partial charge in [-0.3, -0.25) is 0 Å². The predicted octanol–water partition coefficient (Wildman–Crippen LogP) is 2.76. The highest BCUT2D eigenvalue weighted by Gasteiger charge is 2.20. The van der Waals surface area contributed by atoms with Crippen LogP contribution in [-0.4, -0.2) is 27.0 Å². The van der Waals surface area contributed by atoms with E-state index in [0.717, 1.165) is 22.5 Å². The summed E-state index contributed by atoms with van der Waals surface area (Å²) in [6, 6.07) is 10.2. The van der Waals surface area contributed by atoms with E-state index in [-0.39, 0.29) is 5.92 Å². The Morgan fingerprint density at radius 2 is 2.21 bits per heavy atom. The summed E-state index contributed by atoms with van der Waals surface area (Å²) < 4.78 is 5.11. The summed E-state index contributed by atoms with van der Waals surface area (Å²) in [5, 5.41) is 9.31. The van der Waals surface area contributed by atoms with Crippen molar-refractivity contribution in [3.63, 3.8) is 0 Å². The standard InChI is InChI=1S/C18H17N5O/c1-12-13(9-19)4-3-5-15(12)16(17-10-20-11-22-17)8-14-6-7-21-18(23-14)24-2/h3-7,10-11,16H,8H2,1-2H3,(H,20,22). The number of rotatable bonds is 5. The molecule has 0 aliphatic rings. The number of hydrogen-bond acceptors (Lipinski definition) is 5. The number of aromatic nitrogens is 4. The Morgan fingerprint density at radius 3 is 2.92 bits per heavy atom. The molecule has 6 nitrogen and oxygen atoms in total. The summed E-state index contributed by atoms with van der Waals surface area (Å²) >= 11 is 0. The van der Waals surface area contributed by atoms with Gasteiger partial charge in [0.25, 0.3) is 0 Å². The summed E-state index contributed by atoms with van der Waals surface area (Å²) in [4.78, 5) is 15.8. The van der Waals surface area contributed by atoms with Crippen molar-refractivity contribution in [1.29, 1.82) is 5.26 Å². The fraction of sp³-hybridized carbons (Fsp3) is 0.222. The minimum atomic E-state index is 0.0143. The molecule has 6 heteroatoms. The van der Waals surface area contributed by atoms with Gasteiger partial charge in [-0.1, -0.05) is 12.1 Å². The Balaban J connectivity index is 2.04. The molecule has 0 aliphatic carbocycles. The summed E-state index contributed by atoms with van der Waals surface area (Å²) in [6.45, 7) is 1.97. The number of aromatic amines is 1. The first-order valence-electron chi connectivity index (χ1n) is 7.56. The molecule has 3 aromatic rings. The molecule has 2 aromatic heterocycles. The van der Waals surface area contributed by atoms with Crippen LogP contribution in [0.15, 0.2) is 43.0 Å². The third-order valence-electron chi connectivity index (χ3n) is 4.05. The number of hydrogen-bond donors (Lipinski definition) is 1. The van der Waals surface area contributed by atoms with Gasteiger partial charge in [-0.15, -0.1) is 0 Å². The van der Waals surface area contributed by atoms with Gasteiger partial charge in [0.1, 0.15) is 0 Å². The number of H-pyrrole nitrogens is 1. The van der Waals surface area contributed by atoms with Crippen molar-refractivity contribution in [2.24, 2.45) is 0 Å². The van der Waals surface area contributed by atoms with E-state index in [4.69, 9.17) is 4.74 Å². The predicted molar refractivity (Wildman–Crippen MR) is 88.6 cm³/mol. The topological polar surface area (TPSA) is 87.5 Å². The van der Waals surface area contributed by atoms with Crippen molar-refractivity contribution in [3.05, 3.63) is 71.1 Å². The highest BCUT2D eigenvalue weighted by Crippen LogP contribution is 2.30. The van der Waals surface area contributed by atoms with E-state index in [2.05, 4.69) is 26.0 Å². The number of benzene rings is 1. The zero-order valence-corrected chi connectivity index (χ0v) is 13.5. The van der Waals surface area contributed by atoms with Gasteiger partial charge in [0.2, 0.25) is 0 Å². The lowest BCUT2D eigenvalue weighted by Gasteiger charge is -2.18. The fourth-order valence-corrected chi connectivity index (χ4v) is 2.79. The Morgan fingerprint density at radius 1 is 1.33 bits per heavy atom. The van der Waals surface area contributed by atoms with Crippen molar-refractivity contribution in [2.45, 2.75) is 19.3 Å². The first-order valence-corrected chi connectivity index (χ1v) is 7.56. The number of imidazole rings is 1. The van der Waals surface area contributed by atoms with Gasteiger partial charge in [0, 0.05) is 36.1 Å². The molecule has 1 atom stereocenters. The molecule has 1 N–H and O–H groups in total. The lowest BCUT2D eigenvalue weighted by atomic mass is 9.87. The van der Waals surface area contributed by atoms with Crippen LogP contribution in [0.5, 0.6) is 6.01 Å². The molecule has 0 amide bonds. The van der Waals surface area contributed by atoms with Gasteiger partial charge in [-0.05, 0) is 30.2 Å². The molecule has 1 unspecified atom stereocenters. The third-order valence-corrected chi connectivity index (χ3v) is 4.05. The molecule has 0 saturated heterocycles. The van der Waals surface area contributed by atoms with E-state index in [1.165, 1.54) is 0 Å². The van der Waals surface area contributed by atoms with Gasteiger partial charge in [0.05, 0.1) is 25.1 Å². The van der Waals surface area contributed by atoms with E-state index in [1.54, 1.807) is 19.6 Å². The largest absolute Gasteiger partial charge is 0.467 e. The molecule has 1 aromatic carbocycles. The SMILES string of the molecule is COc1nccc(CC(c2cnc[nH]2)c2cccc(C#N)c2C)n1. The lowest BCUT2D eigenvalue weighted by Crippen LogP contribution is -2.10. The Hall–Kier alpha value is -3.20. The lowest BCUT2D eigenvalue weighted by molar-refractivity contribution is 0.377. The molecule has 0 aliphatic heterocycles. The molecule has 0 fully saturated rings. The highest BCUT2D eigenvalue weighted by molar-refractivity contribution is 5.45. The quantitative estimate of drug-likeness (QED) is 0.781. The maximum atomic E-state index is 9.31. The number of nitrogens with one attached hydrogen (secondary N) is 1. The van der Waals surface area contributed by atoms with Crippen LogP contribution in [-0.2, 0) is 6.42 Å². The molecule has 0 radical (unpaired) electrons. The van der Waals surface area contributed by atoms with Crippen LogP contribution in [0, 0.1) is 18.3 Å². The van der Waals surface area contributed by atoms with Crippen molar-refractivity contribution in [2.75, 3.05) is 7.11 Å². The minimum absolute atomic E-state index is 0.0143. The van der Waals surface area contributed by atoms with Crippen LogP contribution in [0.1, 0.15) is 34.0 Å². The molecule has 120 valence electrons. The summed E-state index contributed by atoms with van der Waals surface area (Å²) in [6.07, 6.45) is 5.80. The smallest absolute Gasteiger partial charge is 0.316 e. The van der Waals surface area contributed by atoms with Gasteiger partial charge in [-0.25, -0.2) is 15.0 Å². The minimum Gasteiger partial charge on any atom is -0.467 e. The number of methoxy groups -OCH3 is 1. The molecular formula is C18H17N5O. The van der Waals surface area contributed by atoms with Crippen molar-refractivity contribution in [3.8, 4) is 12.1 Å². The van der Waals surface area contributed by atoms with Gasteiger partial charge in [-0.2, -0.15) is 5.26 Å². The van der Waals surface area contributed by atoms with E-state index in [0.29, 0.717) is 18.0 Å². The Labute approximate surface area is 140 Å². The summed E-state index contributed by atoms with van der Waals surface area (Å²) in [5.74, 6) is 0.0143. The molecule has 0 saturated carbocycles. The van der Waals surface area contributed by atoms with E-state index in [9.17, 15) is 5.26 Å². The van der Waals surface area contributed by atoms with E-state index in [1.807, 2.05) is 37.4 Å². The van der Waals surface area contributed by atoms with Crippen LogP contribution in [0.3, 0.4) is 0 Å². The number of nitrogens with zero attached hydrogens (tertiary/aromatic N) is 4. The second kappa shape index (κ2) is 6.92. The summed E-state index contributed by atoms with van der Waals surface area (Å²) in [7, 11) is 1.55. The first kappa shape index (κ1) is 15.7. The van der Waals surface area contributed by atoms with E-state index < -0.39 is 0 Å². The number of ether oxygens (including phenoxy) is 1. The van der Waals surface area contributed by atoms with Gasteiger partial charge in [0.15, 0.2) is 0 Å². The second-order valence-corrected chi connectivity index (χ2v) is 5.43. The maximum absolute atomic E-state index is 9.31. The molecular weight excluding hydrogens is 302 g/mol. The normalized spacial score (nSPS) is 11.7.